The monoisotopic (exact) mass is 581 g/mol. The Morgan fingerprint density at radius 2 is 1.84 bits per heavy atom. The van der Waals surface area contributed by atoms with E-state index in [-0.39, 0.29) is 41.3 Å². The summed E-state index contributed by atoms with van der Waals surface area (Å²) in [5.74, 6) is 1.14. The topological polar surface area (TPSA) is 164 Å². The number of hydrogen-bond acceptors (Lipinski definition) is 11. The predicted molar refractivity (Wildman–Crippen MR) is 155 cm³/mol. The number of nitrogens with one attached hydrogen (secondary N) is 3. The Balaban J connectivity index is 1.20. The Bertz CT molecular complexity index is 1730. The van der Waals surface area contributed by atoms with E-state index in [1.165, 1.54) is 6.92 Å². The number of amides is 1. The SMILES string of the molecule is CC(=O)NC12CC(c3noc(-c4cnc(Nc5ccc6c(c5)C(C)(C)OC6=O)nc4N[C@H](CO)c4ccccc4)n3)(C1)C2. The van der Waals surface area contributed by atoms with Gasteiger partial charge in [-0.2, -0.15) is 9.97 Å². The lowest BCUT2D eigenvalue weighted by atomic mass is 9.39. The number of rotatable bonds is 9. The molecule has 3 fully saturated rings. The first kappa shape index (κ1) is 27.0. The Morgan fingerprint density at radius 1 is 1.07 bits per heavy atom. The number of carbonyl (C=O) groups is 2. The average molecular weight is 582 g/mol. The number of carbonyl (C=O) groups excluding carboxylic acids is 2. The lowest BCUT2D eigenvalue weighted by Crippen LogP contribution is -2.76. The van der Waals surface area contributed by atoms with Gasteiger partial charge in [-0.25, -0.2) is 9.78 Å². The summed E-state index contributed by atoms with van der Waals surface area (Å²) >= 11 is 0. The van der Waals surface area contributed by atoms with Gasteiger partial charge in [0.15, 0.2) is 5.82 Å². The van der Waals surface area contributed by atoms with Crippen molar-refractivity contribution in [3.63, 3.8) is 0 Å². The molecule has 3 aliphatic carbocycles. The fraction of sp³-hybridized carbons (Fsp3) is 0.355. The Kier molecular flexibility index (Phi) is 6.03. The summed E-state index contributed by atoms with van der Waals surface area (Å²) in [6.45, 7) is 5.03. The molecule has 3 saturated carbocycles. The minimum Gasteiger partial charge on any atom is -0.451 e. The summed E-state index contributed by atoms with van der Waals surface area (Å²) in [6, 6.07) is 14.4. The van der Waals surface area contributed by atoms with Crippen LogP contribution in [0.3, 0.4) is 0 Å². The zero-order valence-corrected chi connectivity index (χ0v) is 24.0. The van der Waals surface area contributed by atoms with E-state index in [0.717, 1.165) is 30.4 Å². The van der Waals surface area contributed by atoms with Crippen molar-refractivity contribution in [1.82, 2.24) is 25.4 Å². The molecule has 0 saturated heterocycles. The predicted octanol–water partition coefficient (Wildman–Crippen LogP) is 4.13. The van der Waals surface area contributed by atoms with Gasteiger partial charge in [-0.1, -0.05) is 35.5 Å². The van der Waals surface area contributed by atoms with E-state index in [9.17, 15) is 14.7 Å². The minimum atomic E-state index is -0.747. The van der Waals surface area contributed by atoms with Crippen molar-refractivity contribution in [3.8, 4) is 11.5 Å². The maximum atomic E-state index is 12.2. The van der Waals surface area contributed by atoms with Gasteiger partial charge in [0.2, 0.25) is 11.9 Å². The second kappa shape index (κ2) is 9.60. The maximum absolute atomic E-state index is 12.2. The molecule has 1 atom stereocenters. The van der Waals surface area contributed by atoms with E-state index in [1.807, 2.05) is 50.2 Å². The van der Waals surface area contributed by atoms with Crippen LogP contribution >= 0.6 is 0 Å². The molecule has 2 aromatic carbocycles. The minimum absolute atomic E-state index is 0.0362. The Morgan fingerprint density at radius 3 is 2.56 bits per heavy atom. The molecule has 0 unspecified atom stereocenters. The van der Waals surface area contributed by atoms with Crippen LogP contribution in [0.15, 0.2) is 59.3 Å². The van der Waals surface area contributed by atoms with Crippen LogP contribution < -0.4 is 16.0 Å². The number of fused-ring (bicyclic) bond motifs is 1. The number of anilines is 3. The van der Waals surface area contributed by atoms with Gasteiger partial charge in [-0.15, -0.1) is 0 Å². The number of ether oxygens (including phenoxy) is 1. The number of benzene rings is 2. The molecule has 2 aromatic heterocycles. The summed E-state index contributed by atoms with van der Waals surface area (Å²) in [6.07, 6.45) is 3.92. The van der Waals surface area contributed by atoms with Crippen LogP contribution in [-0.4, -0.2) is 49.2 Å². The Labute approximate surface area is 247 Å². The molecule has 220 valence electrons. The van der Waals surface area contributed by atoms with E-state index < -0.39 is 11.6 Å². The van der Waals surface area contributed by atoms with Crippen molar-refractivity contribution in [2.75, 3.05) is 17.2 Å². The first-order valence-corrected chi connectivity index (χ1v) is 14.2. The fourth-order valence-electron chi connectivity index (χ4n) is 6.64. The summed E-state index contributed by atoms with van der Waals surface area (Å²) in [5.41, 5.74) is 2.23. The lowest BCUT2D eigenvalue weighted by Gasteiger charge is -2.68. The highest BCUT2D eigenvalue weighted by molar-refractivity contribution is 5.95. The van der Waals surface area contributed by atoms with Crippen molar-refractivity contribution >= 4 is 29.3 Å². The fourth-order valence-corrected chi connectivity index (χ4v) is 6.64. The first-order valence-electron chi connectivity index (χ1n) is 14.2. The molecule has 4 aromatic rings. The molecule has 12 nitrogen and oxygen atoms in total. The normalized spacial score (nSPS) is 23.3. The van der Waals surface area contributed by atoms with Gasteiger partial charge in [-0.05, 0) is 56.9 Å². The van der Waals surface area contributed by atoms with Crippen LogP contribution in [0.25, 0.3) is 11.5 Å². The molecule has 4 N–H and O–H groups in total. The van der Waals surface area contributed by atoms with Crippen LogP contribution in [0.4, 0.5) is 17.5 Å². The van der Waals surface area contributed by atoms with Crippen LogP contribution in [-0.2, 0) is 20.5 Å². The molecule has 4 aliphatic rings. The van der Waals surface area contributed by atoms with E-state index in [2.05, 4.69) is 26.1 Å². The molecule has 2 bridgehead atoms. The molecule has 1 aliphatic heterocycles. The van der Waals surface area contributed by atoms with Gasteiger partial charge in [0.05, 0.1) is 18.2 Å². The second-order valence-corrected chi connectivity index (χ2v) is 12.2. The molecule has 0 spiro atoms. The lowest BCUT2D eigenvalue weighted by molar-refractivity contribution is -0.137. The third-order valence-electron chi connectivity index (χ3n) is 8.58. The van der Waals surface area contributed by atoms with Gasteiger partial charge < -0.3 is 30.3 Å². The molecule has 0 radical (unpaired) electrons. The highest BCUT2D eigenvalue weighted by atomic mass is 16.6. The zero-order valence-electron chi connectivity index (χ0n) is 24.0. The standard InChI is InChI=1S/C31H31N7O5/c1-17(40)37-31-14-30(15-31,16-31)27-36-25(43-38-27)21-12-32-28(35-24(21)34-23(13-39)18-7-5-4-6-8-18)33-19-9-10-20-22(11-19)29(2,3)42-26(20)41/h4-12,23,39H,13-16H2,1-3H3,(H,37,40)(H2,32,33,34,35)/t23-,30?,31?/m1/s1. The third-order valence-corrected chi connectivity index (χ3v) is 8.58. The van der Waals surface area contributed by atoms with Crippen LogP contribution in [0, 0.1) is 0 Å². The third kappa shape index (κ3) is 4.58. The van der Waals surface area contributed by atoms with Crippen LogP contribution in [0.2, 0.25) is 0 Å². The van der Waals surface area contributed by atoms with Gasteiger partial charge >= 0.3 is 5.97 Å². The summed E-state index contributed by atoms with van der Waals surface area (Å²) < 4.78 is 11.2. The largest absolute Gasteiger partial charge is 0.451 e. The molecular weight excluding hydrogens is 550 g/mol. The molecule has 12 heteroatoms. The number of aliphatic hydroxyl groups is 1. The molecule has 1 amide bonds. The molecule has 3 heterocycles. The summed E-state index contributed by atoms with van der Waals surface area (Å²) in [4.78, 5) is 37.8. The van der Waals surface area contributed by atoms with Gasteiger partial charge in [-0.3, -0.25) is 4.79 Å². The van der Waals surface area contributed by atoms with Crippen molar-refractivity contribution in [2.45, 2.75) is 62.6 Å². The number of nitrogens with zero attached hydrogens (tertiary/aromatic N) is 4. The first-order chi connectivity index (χ1) is 20.6. The number of hydrogen-bond donors (Lipinski definition) is 4. The Hall–Kier alpha value is -4.84. The number of aromatic nitrogens is 4. The second-order valence-electron chi connectivity index (χ2n) is 12.2. The number of cyclic esters (lactones) is 1. The van der Waals surface area contributed by atoms with Gasteiger partial charge in [0.25, 0.3) is 5.89 Å². The molecule has 43 heavy (non-hydrogen) atoms. The summed E-state index contributed by atoms with van der Waals surface area (Å²) in [5, 5.41) is 24.1. The smallest absolute Gasteiger partial charge is 0.339 e. The number of esters is 1. The van der Waals surface area contributed by atoms with Gasteiger partial charge in [0.1, 0.15) is 17.0 Å². The van der Waals surface area contributed by atoms with Crippen molar-refractivity contribution in [3.05, 3.63) is 77.2 Å². The molecule has 8 rings (SSSR count). The van der Waals surface area contributed by atoms with Crippen molar-refractivity contribution in [2.24, 2.45) is 0 Å². The molecular formula is C31H31N7O5. The van der Waals surface area contributed by atoms with Crippen molar-refractivity contribution in [1.29, 1.82) is 0 Å². The van der Waals surface area contributed by atoms with E-state index in [0.29, 0.717) is 28.5 Å². The number of aliphatic hydroxyl groups excluding tert-OH is 1. The highest BCUT2D eigenvalue weighted by Gasteiger charge is 2.71. The van der Waals surface area contributed by atoms with Gasteiger partial charge in [0, 0.05) is 35.3 Å². The summed E-state index contributed by atoms with van der Waals surface area (Å²) in [7, 11) is 0. The highest BCUT2D eigenvalue weighted by Crippen LogP contribution is 2.67. The average Bonchev–Trinajstić information content (AvgIpc) is 3.51. The van der Waals surface area contributed by atoms with E-state index in [1.54, 1.807) is 18.3 Å². The van der Waals surface area contributed by atoms with Crippen LogP contribution in [0.1, 0.15) is 73.4 Å². The van der Waals surface area contributed by atoms with Crippen LogP contribution in [0.5, 0.6) is 0 Å². The quantitative estimate of drug-likeness (QED) is 0.210. The van der Waals surface area contributed by atoms with Crippen molar-refractivity contribution < 1.29 is 24.0 Å². The maximum Gasteiger partial charge on any atom is 0.339 e. The van der Waals surface area contributed by atoms with E-state index in [4.69, 9.17) is 19.2 Å². The zero-order chi connectivity index (χ0) is 30.0. The van der Waals surface area contributed by atoms with E-state index >= 15 is 0 Å².